The summed E-state index contributed by atoms with van der Waals surface area (Å²) in [6.07, 6.45) is 37.0. The van der Waals surface area contributed by atoms with E-state index in [0.717, 1.165) is 56.2 Å². The number of benzene rings is 10. The number of hydrogen-bond donors (Lipinski definition) is 0. The summed E-state index contributed by atoms with van der Waals surface area (Å²) in [7, 11) is -0.120. The van der Waals surface area contributed by atoms with E-state index in [1.807, 2.05) is 237 Å². The van der Waals surface area contributed by atoms with Crippen molar-refractivity contribution in [3.05, 3.63) is 456 Å². The van der Waals surface area contributed by atoms with Gasteiger partial charge in [0.15, 0.2) is 0 Å². The molecule has 2 saturated carbocycles. The zero-order valence-electron chi connectivity index (χ0n) is 79.6. The normalized spacial score (nSPS) is 12.6. The molecule has 13 heteroatoms. The fourth-order valence-corrected chi connectivity index (χ4v) is 21.4. The Morgan fingerprint density at radius 1 is 0.403 bits per heavy atom. The molecule has 10 aromatic carbocycles. The summed E-state index contributed by atoms with van der Waals surface area (Å²) in [4.78, 5) is 55.6. The van der Waals surface area contributed by atoms with Gasteiger partial charge in [0.1, 0.15) is 0 Å². The first-order valence-corrected chi connectivity index (χ1v) is 55.9. The number of rotatable bonds is 30. The average Bonchev–Trinajstić information content (AvgIpc) is 0.756. The molecule has 2 atom stereocenters. The molecule has 696 valence electrons. The molecule has 2 fully saturated rings. The summed E-state index contributed by atoms with van der Waals surface area (Å²) in [5, 5.41) is 2.42. The summed E-state index contributed by atoms with van der Waals surface area (Å²) in [6, 6.07) is 107. The van der Waals surface area contributed by atoms with Crippen LogP contribution in [0.1, 0.15) is 196 Å². The number of Topliss-reactive ketones (excluding diaryl/α,β-unsaturated/α-hetero) is 3. The van der Waals surface area contributed by atoms with Gasteiger partial charge in [-0.05, 0) is 210 Å². The monoisotopic (exact) mass is 2110 g/mol. The Kier molecular flexibility index (Phi) is 49.8. The Labute approximate surface area is 853 Å². The first-order chi connectivity index (χ1) is 64.3. The molecule has 0 aliphatic heterocycles. The molecule has 0 bridgehead atoms. The van der Waals surface area contributed by atoms with Gasteiger partial charge in [-0.15, -0.1) is 43.3 Å². The minimum absolute atomic E-state index is 0. The molecule has 0 radical (unpaired) electrons. The third-order valence-corrected chi connectivity index (χ3v) is 28.1. The van der Waals surface area contributed by atoms with Crippen LogP contribution in [0.4, 0.5) is 0 Å². The van der Waals surface area contributed by atoms with Crippen LogP contribution < -0.4 is 5.30 Å². The van der Waals surface area contributed by atoms with Crippen LogP contribution in [0.25, 0.3) is 44.9 Å². The summed E-state index contributed by atoms with van der Waals surface area (Å²) >= 11 is 10.1. The van der Waals surface area contributed by atoms with Crippen LogP contribution in [0.3, 0.4) is 0 Å². The van der Waals surface area contributed by atoms with Crippen molar-refractivity contribution in [2.45, 2.75) is 201 Å². The van der Waals surface area contributed by atoms with Gasteiger partial charge in [0, 0.05) is 55.7 Å². The minimum Gasteiger partial charge on any atom is -0.394 e. The number of aromatic nitrogens is 4. The van der Waals surface area contributed by atoms with Crippen molar-refractivity contribution in [3.63, 3.8) is 0 Å². The van der Waals surface area contributed by atoms with Crippen molar-refractivity contribution in [2.75, 3.05) is 0 Å². The number of hydrogen-bond acceptors (Lipinski definition) is 7. The Morgan fingerprint density at radius 3 is 1.13 bits per heavy atom. The number of carbonyl (C=O) groups is 3. The van der Waals surface area contributed by atoms with Crippen molar-refractivity contribution in [2.24, 2.45) is 11.8 Å². The number of ketones is 3. The van der Waals surface area contributed by atoms with Crippen LogP contribution in [0.15, 0.2) is 340 Å². The second kappa shape index (κ2) is 60.8. The molecule has 4 aromatic heterocycles. The predicted molar refractivity (Wildman–Crippen MR) is 557 cm³/mol. The number of aryl methyl sites for hydroxylation is 4. The van der Waals surface area contributed by atoms with E-state index in [1.54, 1.807) is 77.9 Å². The number of carbonyl (C=O) groups excluding carboxylic acids is 3. The van der Waals surface area contributed by atoms with Crippen molar-refractivity contribution < 1.29 is 71.6 Å². The summed E-state index contributed by atoms with van der Waals surface area (Å²) in [5.74, 6) is 1.10. The van der Waals surface area contributed by atoms with E-state index in [4.69, 9.17) is 11.6 Å². The fourth-order valence-electron chi connectivity index (χ4n) is 17.3. The summed E-state index contributed by atoms with van der Waals surface area (Å²) < 4.78 is 0. The van der Waals surface area contributed by atoms with Gasteiger partial charge >= 0.3 is 50.4 Å². The maximum absolute atomic E-state index is 13.5. The van der Waals surface area contributed by atoms with Crippen LogP contribution in [-0.2, 0) is 110 Å². The zero-order chi connectivity index (χ0) is 93.6. The van der Waals surface area contributed by atoms with Crippen LogP contribution in [0, 0.1) is 77.8 Å². The third kappa shape index (κ3) is 36.2. The molecule has 0 spiro atoms. The number of halogens is 2. The molecule has 7 nitrogen and oxygen atoms in total. The first kappa shape index (κ1) is 110. The molecule has 0 N–H and O–H groups in total. The van der Waals surface area contributed by atoms with Crippen molar-refractivity contribution in [1.82, 2.24) is 19.9 Å². The van der Waals surface area contributed by atoms with E-state index in [1.165, 1.54) is 131 Å². The molecular weight excluding hydrogens is 1980 g/mol. The van der Waals surface area contributed by atoms with Crippen LogP contribution >= 0.6 is 33.1 Å². The second-order valence-electron chi connectivity index (χ2n) is 35.1. The van der Waals surface area contributed by atoms with E-state index in [2.05, 4.69) is 194 Å². The van der Waals surface area contributed by atoms with Crippen LogP contribution in [0.5, 0.6) is 0 Å². The van der Waals surface area contributed by atoms with Gasteiger partial charge in [-0.25, -0.2) is 0 Å². The summed E-state index contributed by atoms with van der Waals surface area (Å²) in [5.41, 5.74) is 27.8. The van der Waals surface area contributed by atoms with Gasteiger partial charge < -0.3 is 51.5 Å². The Bertz CT molecular complexity index is 5410. The Balaban J connectivity index is 0.000000208. The van der Waals surface area contributed by atoms with Gasteiger partial charge in [0.25, 0.3) is 0 Å². The number of nitrogens with zero attached hydrogens (tertiary/aromatic N) is 4. The molecule has 2 aliphatic rings. The molecule has 2 aliphatic carbocycles. The molecule has 0 saturated heterocycles. The minimum atomic E-state index is -0.381. The molecule has 134 heavy (non-hydrogen) atoms. The van der Waals surface area contributed by atoms with Gasteiger partial charge in [-0.2, -0.15) is 18.2 Å². The first-order valence-electron chi connectivity index (χ1n) is 47.1. The van der Waals surface area contributed by atoms with E-state index in [0.29, 0.717) is 61.3 Å². The van der Waals surface area contributed by atoms with Gasteiger partial charge in [-0.3, -0.25) is 15.0 Å². The van der Waals surface area contributed by atoms with Crippen molar-refractivity contribution in [1.29, 1.82) is 0 Å². The smallest absolute Gasteiger partial charge is 0.0813 e. The van der Waals surface area contributed by atoms with Crippen LogP contribution in [-0.4, -0.2) is 48.6 Å². The largest absolute Gasteiger partial charge is 0.394 e. The summed E-state index contributed by atoms with van der Waals surface area (Å²) in [6.45, 7) is 22.7. The Morgan fingerprint density at radius 2 is 0.784 bits per heavy atom. The maximum atomic E-state index is 13.5. The Hall–Kier alpha value is -9.56. The van der Waals surface area contributed by atoms with Crippen molar-refractivity contribution >= 4 is 55.8 Å². The quantitative estimate of drug-likeness (QED) is 0.0251. The topological polar surface area (TPSA) is 103 Å². The fraction of sp³-hybridized carbons (Fsp3) is 0.273. The SMILES string of the molecule is CC(C)c1cc(C(C)C)c(-c2ccccc2P(C2CCCCC2)C2CCCCC2)c(C(C)C)c1.Cc1cccc(C)c1-c1ccc(-c2ccccn2)cn1.Cc1cccc(C)c1-c1ccc(Cl)cn1.O=C([CH-]Cc1ccccc1)C([CH-]C(Cc1ccccc1)C(=O)[CH-]Cc1ccccc1)Cc1ccccc1.O=C([CH-]Cc1ccccc1)[CH-]Cc1ccccc1.[Pd+2].[Pd].[Zn+][Br].[c-]1ccccn1. The number of pyridine rings is 4. The zero-order valence-corrected chi connectivity index (χ0v) is 88.9. The maximum Gasteiger partial charge on any atom is -0.0813 e. The second-order valence-corrected chi connectivity index (χ2v) is 38.3. The van der Waals surface area contributed by atoms with Crippen LogP contribution in [0.2, 0.25) is 5.02 Å². The van der Waals surface area contributed by atoms with E-state index in [9.17, 15) is 14.4 Å². The third-order valence-electron chi connectivity index (χ3n) is 24.3. The van der Waals surface area contributed by atoms with Gasteiger partial charge in [-0.1, -0.05) is 395 Å². The standard InChI is InChI=1S/C35H33O2.C33H49P.C18H16N2.C17H16O.C13H12ClN.C5H4N.BrH.2Pd.Zn/c36-34(23-21-28-13-5-1-6-14-28)32(25-30-17-9-3-10-18-30)27-33(26-31-19-11-4-12-20-31)35(37)24-22-29-15-7-2-8-16-29;1-23(2)26-21-30(24(3)4)33(31(22-26)25(5)6)29-19-13-14-20-32(29)34(27-15-9-7-10-16-27)28-17-11-8-12-18-28;1-13-6-5-7-14(2)18(13)17-10-9-15(12-20-17)16-8-3-4-11-19-16;18-17(13-11-15-7-3-1-4-8-15)14-12-16-9-5-2-6-10-16;1-9-4-3-5-10(2)13(9)12-7-6-11(14)8-15-12;1-2-4-6-5-3-1;;;;/h1-20,23-24,27,32-33H,21-22,25-26H2;13-14,19-25,27-28H,7-12,15-18H2,1-6H3;3-12H,1-2H3;1-10,13-14H,11-12H2;3-8H,1-2H3;1-4H;1H;;;/q-3;;;-2;;-1;;;2*+2/p-1. The van der Waals surface area contributed by atoms with Gasteiger partial charge in [0.2, 0.25) is 0 Å². The van der Waals surface area contributed by atoms with E-state index < -0.39 is 0 Å². The van der Waals surface area contributed by atoms with E-state index in [-0.39, 0.29) is 78.0 Å². The molecule has 14 aromatic rings. The predicted octanol–water partition coefficient (Wildman–Crippen LogP) is 31.1. The average molecular weight is 2110 g/mol. The molecule has 2 unspecified atom stereocenters. The van der Waals surface area contributed by atoms with E-state index >= 15 is 0 Å². The van der Waals surface area contributed by atoms with Crippen molar-refractivity contribution in [3.8, 4) is 44.9 Å². The molecular formula is C121H130BrClN4O3PPd2Zn-3. The van der Waals surface area contributed by atoms with Gasteiger partial charge in [0.05, 0.1) is 22.1 Å². The molecule has 0 amide bonds. The molecule has 4 heterocycles. The molecule has 16 rings (SSSR count).